The normalized spacial score (nSPS) is 18.9. The highest BCUT2D eigenvalue weighted by Crippen LogP contribution is 2.25. The summed E-state index contributed by atoms with van der Waals surface area (Å²) >= 11 is 0. The maximum atomic E-state index is 11.6. The van der Waals surface area contributed by atoms with Crippen LogP contribution in [0.5, 0.6) is 0 Å². The smallest absolute Gasteiger partial charge is 0.246 e. The van der Waals surface area contributed by atoms with Crippen LogP contribution >= 0.6 is 0 Å². The van der Waals surface area contributed by atoms with Gasteiger partial charge in [-0.3, -0.25) is 4.79 Å². The quantitative estimate of drug-likeness (QED) is 0.732. The molecule has 1 saturated carbocycles. The van der Waals surface area contributed by atoms with E-state index in [4.69, 9.17) is 10.5 Å². The van der Waals surface area contributed by atoms with Crippen molar-refractivity contribution in [2.75, 3.05) is 13.2 Å². The number of rotatable bonds is 7. The van der Waals surface area contributed by atoms with Gasteiger partial charge in [-0.15, -0.1) is 0 Å². The molecule has 0 aromatic rings. The maximum Gasteiger partial charge on any atom is 0.246 e. The fourth-order valence-corrected chi connectivity index (χ4v) is 2.51. The molecule has 0 radical (unpaired) electrons. The van der Waals surface area contributed by atoms with Crippen molar-refractivity contribution in [3.63, 3.8) is 0 Å². The monoisotopic (exact) mass is 256 g/mol. The van der Waals surface area contributed by atoms with Crippen LogP contribution in [0.4, 0.5) is 0 Å². The van der Waals surface area contributed by atoms with E-state index < -0.39 is 0 Å². The Kier molecular flexibility index (Phi) is 6.65. The van der Waals surface area contributed by atoms with Gasteiger partial charge < -0.3 is 15.8 Å². The lowest BCUT2D eigenvalue weighted by Gasteiger charge is -2.32. The molecule has 1 rings (SSSR count). The van der Waals surface area contributed by atoms with Crippen LogP contribution in [0.1, 0.15) is 58.8 Å². The molecule has 0 unspecified atom stereocenters. The minimum Gasteiger partial charge on any atom is -0.370 e. The molecule has 0 saturated heterocycles. The van der Waals surface area contributed by atoms with E-state index in [2.05, 4.69) is 19.2 Å². The number of nitrogens with two attached hydrogens (primary N) is 1. The first-order valence-electron chi connectivity index (χ1n) is 7.25. The molecule has 1 aliphatic carbocycles. The van der Waals surface area contributed by atoms with Crippen molar-refractivity contribution in [2.24, 2.45) is 5.73 Å². The first-order valence-corrected chi connectivity index (χ1v) is 7.25. The van der Waals surface area contributed by atoms with Crippen LogP contribution in [0.25, 0.3) is 0 Å². The minimum atomic E-state index is -0.201. The van der Waals surface area contributed by atoms with Crippen molar-refractivity contribution in [1.82, 2.24) is 5.32 Å². The summed E-state index contributed by atoms with van der Waals surface area (Å²) in [5.41, 5.74) is 6.04. The van der Waals surface area contributed by atoms with Crippen molar-refractivity contribution in [1.29, 1.82) is 0 Å². The van der Waals surface area contributed by atoms with E-state index in [9.17, 15) is 4.79 Å². The zero-order valence-electron chi connectivity index (χ0n) is 11.8. The van der Waals surface area contributed by atoms with Gasteiger partial charge in [0.25, 0.3) is 0 Å². The maximum absolute atomic E-state index is 11.6. The first-order chi connectivity index (χ1) is 8.59. The Balaban J connectivity index is 2.18. The van der Waals surface area contributed by atoms with E-state index in [1.807, 2.05) is 0 Å². The van der Waals surface area contributed by atoms with Gasteiger partial charge in [-0.2, -0.15) is 0 Å². The predicted molar refractivity (Wildman–Crippen MR) is 73.3 cm³/mol. The van der Waals surface area contributed by atoms with Crippen LogP contribution in [0, 0.1) is 0 Å². The van der Waals surface area contributed by atoms with Crippen LogP contribution in [-0.4, -0.2) is 30.7 Å². The molecule has 0 heterocycles. The molecule has 1 aliphatic rings. The molecule has 0 aliphatic heterocycles. The van der Waals surface area contributed by atoms with E-state index in [-0.39, 0.29) is 24.1 Å². The Labute approximate surface area is 111 Å². The van der Waals surface area contributed by atoms with Gasteiger partial charge in [-0.1, -0.05) is 33.1 Å². The van der Waals surface area contributed by atoms with Crippen LogP contribution in [-0.2, 0) is 9.53 Å². The number of ether oxygens (including phenoxy) is 1. The van der Waals surface area contributed by atoms with E-state index in [0.717, 1.165) is 25.7 Å². The molecule has 0 atom stereocenters. The zero-order chi connectivity index (χ0) is 13.4. The summed E-state index contributed by atoms with van der Waals surface area (Å²) < 4.78 is 5.49. The molecule has 18 heavy (non-hydrogen) atoms. The van der Waals surface area contributed by atoms with Gasteiger partial charge >= 0.3 is 0 Å². The fourth-order valence-electron chi connectivity index (χ4n) is 2.51. The molecular formula is C14H28N2O2. The zero-order valence-corrected chi connectivity index (χ0v) is 11.8. The predicted octanol–water partition coefficient (Wildman–Crippen LogP) is 1.97. The summed E-state index contributed by atoms with van der Waals surface area (Å²) in [6.45, 7) is 4.79. The average Bonchev–Trinajstić information content (AvgIpc) is 2.36. The Morgan fingerprint density at radius 1 is 1.28 bits per heavy atom. The molecule has 0 spiro atoms. The summed E-state index contributed by atoms with van der Waals surface area (Å²) in [7, 11) is 0. The van der Waals surface area contributed by atoms with E-state index in [1.54, 1.807) is 0 Å². The van der Waals surface area contributed by atoms with Crippen LogP contribution in [0.3, 0.4) is 0 Å². The molecule has 106 valence electrons. The Bertz CT molecular complexity index is 246. The minimum absolute atomic E-state index is 0.0249. The fraction of sp³-hybridized carbons (Fsp3) is 0.929. The van der Waals surface area contributed by atoms with E-state index in [1.165, 1.54) is 19.3 Å². The van der Waals surface area contributed by atoms with Crippen molar-refractivity contribution < 1.29 is 9.53 Å². The molecule has 1 fully saturated rings. The van der Waals surface area contributed by atoms with Gasteiger partial charge in [-0.05, 0) is 25.7 Å². The molecule has 1 amide bonds. The number of hydrogen-bond acceptors (Lipinski definition) is 3. The van der Waals surface area contributed by atoms with Crippen molar-refractivity contribution in [2.45, 2.75) is 70.4 Å². The van der Waals surface area contributed by atoms with Gasteiger partial charge in [0.15, 0.2) is 0 Å². The summed E-state index contributed by atoms with van der Waals surface area (Å²) in [6.07, 6.45) is 7.59. The highest BCUT2D eigenvalue weighted by atomic mass is 16.5. The highest BCUT2D eigenvalue weighted by Gasteiger charge is 2.27. The number of nitrogens with one attached hydrogen (secondary N) is 1. The Morgan fingerprint density at radius 2 is 1.89 bits per heavy atom. The molecular weight excluding hydrogens is 228 g/mol. The Morgan fingerprint density at radius 3 is 2.44 bits per heavy atom. The third kappa shape index (κ3) is 5.36. The first kappa shape index (κ1) is 15.4. The SMILES string of the molecule is CCC(CC)NC(=O)COCC1(N)CCCCC1. The summed E-state index contributed by atoms with van der Waals surface area (Å²) in [5, 5.41) is 2.96. The molecule has 0 aromatic carbocycles. The van der Waals surface area contributed by atoms with Crippen LogP contribution in [0.15, 0.2) is 0 Å². The summed E-state index contributed by atoms with van der Waals surface area (Å²) in [5.74, 6) is -0.0249. The van der Waals surface area contributed by atoms with Crippen LogP contribution in [0.2, 0.25) is 0 Å². The largest absolute Gasteiger partial charge is 0.370 e. The average molecular weight is 256 g/mol. The van der Waals surface area contributed by atoms with Gasteiger partial charge in [-0.25, -0.2) is 0 Å². The van der Waals surface area contributed by atoms with Crippen molar-refractivity contribution in [3.05, 3.63) is 0 Å². The third-order valence-electron chi connectivity index (χ3n) is 3.82. The summed E-state index contributed by atoms with van der Waals surface area (Å²) in [4.78, 5) is 11.6. The molecule has 3 N–H and O–H groups in total. The second kappa shape index (κ2) is 7.74. The third-order valence-corrected chi connectivity index (χ3v) is 3.82. The van der Waals surface area contributed by atoms with Gasteiger partial charge in [0.1, 0.15) is 6.61 Å². The molecule has 0 bridgehead atoms. The highest BCUT2D eigenvalue weighted by molar-refractivity contribution is 5.77. The van der Waals surface area contributed by atoms with Gasteiger partial charge in [0.05, 0.1) is 6.61 Å². The van der Waals surface area contributed by atoms with E-state index in [0.29, 0.717) is 6.61 Å². The second-order valence-corrected chi connectivity index (χ2v) is 5.50. The molecule has 4 heteroatoms. The van der Waals surface area contributed by atoms with Gasteiger partial charge in [0.2, 0.25) is 5.91 Å². The number of carbonyl (C=O) groups excluding carboxylic acids is 1. The second-order valence-electron chi connectivity index (χ2n) is 5.50. The standard InChI is InChI=1S/C14H28N2O2/c1-3-12(4-2)16-13(17)10-18-11-14(15)8-6-5-7-9-14/h12H,3-11,15H2,1-2H3,(H,16,17). The number of carbonyl (C=O) groups is 1. The van der Waals surface area contributed by atoms with Crippen molar-refractivity contribution in [3.8, 4) is 0 Å². The van der Waals surface area contributed by atoms with Crippen LogP contribution < -0.4 is 11.1 Å². The Hall–Kier alpha value is -0.610. The topological polar surface area (TPSA) is 64.3 Å². The summed E-state index contributed by atoms with van der Waals surface area (Å²) in [6, 6.07) is 0.266. The molecule has 0 aromatic heterocycles. The lowest BCUT2D eigenvalue weighted by atomic mass is 9.83. The lowest BCUT2D eigenvalue weighted by Crippen LogP contribution is -2.47. The molecule has 4 nitrogen and oxygen atoms in total. The number of amides is 1. The van der Waals surface area contributed by atoms with Gasteiger partial charge in [0, 0.05) is 11.6 Å². The lowest BCUT2D eigenvalue weighted by molar-refractivity contribution is -0.127. The number of hydrogen-bond donors (Lipinski definition) is 2. The van der Waals surface area contributed by atoms with Crippen molar-refractivity contribution >= 4 is 5.91 Å². The van der Waals surface area contributed by atoms with E-state index >= 15 is 0 Å².